The lowest BCUT2D eigenvalue weighted by atomic mass is 10.0. The minimum Gasteiger partial charge on any atom is -0.494 e. The van der Waals surface area contributed by atoms with Crippen molar-refractivity contribution >= 4 is 15.9 Å². The van der Waals surface area contributed by atoms with E-state index in [1.165, 1.54) is 7.05 Å². The van der Waals surface area contributed by atoms with Crippen molar-refractivity contribution in [2.75, 3.05) is 33.0 Å². The van der Waals surface area contributed by atoms with Gasteiger partial charge in [0.25, 0.3) is 0 Å². The number of nitrogens with zero attached hydrogens (tertiary/aromatic N) is 2. The molecular formula is C16H24N2O4S. The largest absolute Gasteiger partial charge is 0.494 e. The normalized spacial score (nSPS) is 18.4. The molecule has 7 heteroatoms. The molecule has 1 heterocycles. The monoisotopic (exact) mass is 340 g/mol. The fourth-order valence-electron chi connectivity index (χ4n) is 2.76. The molecule has 0 radical (unpaired) electrons. The van der Waals surface area contributed by atoms with Crippen LogP contribution < -0.4 is 4.74 Å². The van der Waals surface area contributed by atoms with E-state index in [4.69, 9.17) is 4.74 Å². The third-order valence-electron chi connectivity index (χ3n) is 4.07. The molecule has 0 aliphatic carbocycles. The van der Waals surface area contributed by atoms with Crippen LogP contribution >= 0.6 is 0 Å². The molecule has 1 saturated heterocycles. The highest BCUT2D eigenvalue weighted by Gasteiger charge is 2.31. The van der Waals surface area contributed by atoms with Crippen LogP contribution in [0.5, 0.6) is 5.75 Å². The number of hydrogen-bond donors (Lipinski definition) is 0. The summed E-state index contributed by atoms with van der Waals surface area (Å²) >= 11 is 0. The second-order valence-electron chi connectivity index (χ2n) is 5.77. The first-order valence-electron chi connectivity index (χ1n) is 7.76. The summed E-state index contributed by atoms with van der Waals surface area (Å²) in [5.74, 6) is 0.651. The summed E-state index contributed by atoms with van der Waals surface area (Å²) in [4.78, 5) is 14.2. The number of ether oxygens (including phenoxy) is 1. The third-order valence-corrected chi connectivity index (χ3v) is 5.33. The Labute approximate surface area is 138 Å². The minimum atomic E-state index is -3.35. The average Bonchev–Trinajstić information content (AvgIpc) is 2.97. The number of benzene rings is 1. The Kier molecular flexibility index (Phi) is 5.64. The molecule has 1 aromatic carbocycles. The van der Waals surface area contributed by atoms with E-state index < -0.39 is 10.0 Å². The Morgan fingerprint density at radius 3 is 2.57 bits per heavy atom. The number of carbonyl (C=O) groups excluding carboxylic acids is 1. The zero-order chi connectivity index (χ0) is 17.0. The second kappa shape index (κ2) is 7.31. The van der Waals surface area contributed by atoms with Crippen LogP contribution in [0.2, 0.25) is 0 Å². The molecular weight excluding hydrogens is 316 g/mol. The molecule has 1 aromatic rings. The molecule has 0 unspecified atom stereocenters. The molecule has 1 atom stereocenters. The zero-order valence-electron chi connectivity index (χ0n) is 13.9. The molecule has 1 amide bonds. The number of carbonyl (C=O) groups is 1. The van der Waals surface area contributed by atoms with Crippen molar-refractivity contribution < 1.29 is 17.9 Å². The SMILES string of the molecule is CCOc1ccc([C@@H]2CCCN2C(=O)CN(C)S(C)(=O)=O)cc1. The van der Waals surface area contributed by atoms with Crippen molar-refractivity contribution in [1.29, 1.82) is 0 Å². The maximum Gasteiger partial charge on any atom is 0.238 e. The van der Waals surface area contributed by atoms with Gasteiger partial charge in [0, 0.05) is 13.6 Å². The first-order chi connectivity index (χ1) is 10.8. The lowest BCUT2D eigenvalue weighted by Gasteiger charge is -2.27. The van der Waals surface area contributed by atoms with Gasteiger partial charge < -0.3 is 9.64 Å². The van der Waals surface area contributed by atoms with Gasteiger partial charge in [0.1, 0.15) is 5.75 Å². The van der Waals surface area contributed by atoms with Gasteiger partial charge in [0.15, 0.2) is 0 Å². The van der Waals surface area contributed by atoms with Crippen LogP contribution in [0, 0.1) is 0 Å². The Balaban J connectivity index is 2.09. The molecule has 6 nitrogen and oxygen atoms in total. The number of amides is 1. The number of likely N-dealkylation sites (N-methyl/N-ethyl adjacent to an activating group) is 1. The van der Waals surface area contributed by atoms with E-state index in [-0.39, 0.29) is 18.5 Å². The van der Waals surface area contributed by atoms with Crippen molar-refractivity contribution in [3.63, 3.8) is 0 Å². The Morgan fingerprint density at radius 2 is 2.00 bits per heavy atom. The van der Waals surface area contributed by atoms with Crippen LogP contribution in [-0.2, 0) is 14.8 Å². The van der Waals surface area contributed by atoms with Gasteiger partial charge >= 0.3 is 0 Å². The Hall–Kier alpha value is -1.60. The van der Waals surface area contributed by atoms with E-state index >= 15 is 0 Å². The second-order valence-corrected chi connectivity index (χ2v) is 7.86. The van der Waals surface area contributed by atoms with E-state index in [0.29, 0.717) is 13.2 Å². The molecule has 128 valence electrons. The van der Waals surface area contributed by atoms with Gasteiger partial charge in [-0.2, -0.15) is 4.31 Å². The van der Waals surface area contributed by atoms with E-state index in [1.54, 1.807) is 4.90 Å². The van der Waals surface area contributed by atoms with Gasteiger partial charge in [-0.05, 0) is 37.5 Å². The first kappa shape index (κ1) is 17.7. The predicted molar refractivity (Wildman–Crippen MR) is 88.8 cm³/mol. The minimum absolute atomic E-state index is 0.00568. The van der Waals surface area contributed by atoms with Crippen molar-refractivity contribution in [2.24, 2.45) is 0 Å². The highest BCUT2D eigenvalue weighted by molar-refractivity contribution is 7.88. The predicted octanol–water partition coefficient (Wildman–Crippen LogP) is 1.64. The van der Waals surface area contributed by atoms with Crippen molar-refractivity contribution in [2.45, 2.75) is 25.8 Å². The van der Waals surface area contributed by atoms with Gasteiger partial charge in [-0.3, -0.25) is 4.79 Å². The molecule has 2 rings (SSSR count). The highest BCUT2D eigenvalue weighted by Crippen LogP contribution is 2.32. The summed E-state index contributed by atoms with van der Waals surface area (Å²) in [5.41, 5.74) is 1.06. The average molecular weight is 340 g/mol. The molecule has 23 heavy (non-hydrogen) atoms. The van der Waals surface area contributed by atoms with E-state index in [0.717, 1.165) is 34.7 Å². The molecule has 0 N–H and O–H groups in total. The van der Waals surface area contributed by atoms with Gasteiger partial charge in [-0.15, -0.1) is 0 Å². The maximum absolute atomic E-state index is 12.5. The van der Waals surface area contributed by atoms with Crippen molar-refractivity contribution in [1.82, 2.24) is 9.21 Å². The molecule has 1 aliphatic rings. The van der Waals surface area contributed by atoms with E-state index in [1.807, 2.05) is 31.2 Å². The maximum atomic E-state index is 12.5. The summed E-state index contributed by atoms with van der Waals surface area (Å²) in [7, 11) is -1.93. The van der Waals surface area contributed by atoms with Crippen molar-refractivity contribution in [3.05, 3.63) is 29.8 Å². The number of rotatable bonds is 6. The van der Waals surface area contributed by atoms with Crippen molar-refractivity contribution in [3.8, 4) is 5.75 Å². The van der Waals surface area contributed by atoms with Crippen LogP contribution in [0.1, 0.15) is 31.4 Å². The summed E-state index contributed by atoms with van der Waals surface area (Å²) in [6.45, 7) is 3.09. The number of likely N-dealkylation sites (tertiary alicyclic amines) is 1. The summed E-state index contributed by atoms with van der Waals surface area (Å²) < 4.78 is 29.5. The molecule has 0 saturated carbocycles. The smallest absolute Gasteiger partial charge is 0.238 e. The van der Waals surface area contributed by atoms with Gasteiger partial charge in [0.05, 0.1) is 25.4 Å². The Bertz CT molecular complexity index is 643. The zero-order valence-corrected chi connectivity index (χ0v) is 14.7. The summed E-state index contributed by atoms with van der Waals surface area (Å²) in [6, 6.07) is 7.76. The fraction of sp³-hybridized carbons (Fsp3) is 0.562. The number of hydrogen-bond acceptors (Lipinski definition) is 4. The lowest BCUT2D eigenvalue weighted by Crippen LogP contribution is -2.40. The van der Waals surface area contributed by atoms with Gasteiger partial charge in [0.2, 0.25) is 15.9 Å². The standard InChI is InChI=1S/C16H24N2O4S/c1-4-22-14-9-7-13(8-10-14)15-6-5-11-18(15)16(19)12-17(2)23(3,20)21/h7-10,15H,4-6,11-12H2,1-3H3/t15-/m0/s1. The molecule has 0 bridgehead atoms. The summed E-state index contributed by atoms with van der Waals surface area (Å²) in [6.07, 6.45) is 2.92. The van der Waals surface area contributed by atoms with E-state index in [9.17, 15) is 13.2 Å². The highest BCUT2D eigenvalue weighted by atomic mass is 32.2. The molecule has 0 spiro atoms. The van der Waals surface area contributed by atoms with Crippen LogP contribution in [0.4, 0.5) is 0 Å². The third kappa shape index (κ3) is 4.45. The van der Waals surface area contributed by atoms with Crippen LogP contribution in [0.25, 0.3) is 0 Å². The summed E-state index contributed by atoms with van der Waals surface area (Å²) in [5, 5.41) is 0. The topological polar surface area (TPSA) is 66.9 Å². The van der Waals surface area contributed by atoms with Gasteiger partial charge in [-0.1, -0.05) is 12.1 Å². The number of sulfonamides is 1. The molecule has 1 aliphatic heterocycles. The van der Waals surface area contributed by atoms with Crippen LogP contribution in [0.3, 0.4) is 0 Å². The van der Waals surface area contributed by atoms with Gasteiger partial charge in [-0.25, -0.2) is 8.42 Å². The molecule has 1 fully saturated rings. The Morgan fingerprint density at radius 1 is 1.35 bits per heavy atom. The lowest BCUT2D eigenvalue weighted by molar-refractivity contribution is -0.132. The fourth-order valence-corrected chi connectivity index (χ4v) is 3.11. The van der Waals surface area contributed by atoms with Crippen LogP contribution in [-0.4, -0.2) is 56.5 Å². The molecule has 0 aromatic heterocycles. The quantitative estimate of drug-likeness (QED) is 0.789. The first-order valence-corrected chi connectivity index (χ1v) is 9.61. The van der Waals surface area contributed by atoms with E-state index in [2.05, 4.69) is 0 Å². The van der Waals surface area contributed by atoms with Crippen LogP contribution in [0.15, 0.2) is 24.3 Å².